The van der Waals surface area contributed by atoms with Gasteiger partial charge in [0.1, 0.15) is 0 Å². The first-order chi connectivity index (χ1) is 10.3. The minimum Gasteiger partial charge on any atom is -0.381 e. The maximum Gasteiger partial charge on any atom is 0.252 e. The highest BCUT2D eigenvalue weighted by atomic mass is 32.1. The minimum absolute atomic E-state index is 0.0709. The molecule has 1 saturated heterocycles. The first-order valence-corrected chi connectivity index (χ1v) is 8.49. The number of ether oxygens (including phenoxy) is 1. The van der Waals surface area contributed by atoms with E-state index in [4.69, 9.17) is 4.74 Å². The minimum atomic E-state index is 0.0709. The SMILES string of the molecule is O=C(NC[C@H]1CC12CCOCC2)c1csc2ccccc12. The molecule has 21 heavy (non-hydrogen) atoms. The van der Waals surface area contributed by atoms with Gasteiger partial charge in [-0.2, -0.15) is 0 Å². The number of amides is 1. The molecule has 2 aliphatic rings. The molecular weight excluding hydrogens is 282 g/mol. The topological polar surface area (TPSA) is 38.3 Å². The van der Waals surface area contributed by atoms with Gasteiger partial charge >= 0.3 is 0 Å². The van der Waals surface area contributed by atoms with Crippen LogP contribution in [0, 0.1) is 11.3 Å². The standard InChI is InChI=1S/C17H19NO2S/c19-16(14-11-21-15-4-2-1-3-13(14)15)18-10-12-9-17(12)5-7-20-8-6-17/h1-4,11-12H,5-10H2,(H,18,19)/t12-/m1/s1. The average Bonchev–Trinajstić information content (AvgIpc) is 2.99. The Balaban J connectivity index is 1.40. The summed E-state index contributed by atoms with van der Waals surface area (Å²) in [4.78, 5) is 12.4. The van der Waals surface area contributed by atoms with Crippen LogP contribution in [0.5, 0.6) is 0 Å². The summed E-state index contributed by atoms with van der Waals surface area (Å²) in [6, 6.07) is 8.09. The number of nitrogens with one attached hydrogen (secondary N) is 1. The van der Waals surface area contributed by atoms with Crippen LogP contribution < -0.4 is 5.32 Å². The highest BCUT2D eigenvalue weighted by molar-refractivity contribution is 7.17. The molecule has 1 amide bonds. The lowest BCUT2D eigenvalue weighted by Crippen LogP contribution is -2.28. The average molecular weight is 301 g/mol. The molecule has 1 aliphatic carbocycles. The van der Waals surface area contributed by atoms with Crippen LogP contribution >= 0.6 is 11.3 Å². The van der Waals surface area contributed by atoms with Crippen LogP contribution in [0.3, 0.4) is 0 Å². The molecule has 2 fully saturated rings. The molecule has 0 unspecified atom stereocenters. The molecule has 4 heteroatoms. The van der Waals surface area contributed by atoms with Crippen LogP contribution in [0.1, 0.15) is 29.6 Å². The fourth-order valence-corrected chi connectivity index (χ4v) is 4.52. The Kier molecular flexibility index (Phi) is 3.23. The number of rotatable bonds is 3. The van der Waals surface area contributed by atoms with E-state index >= 15 is 0 Å². The van der Waals surface area contributed by atoms with Gasteiger partial charge in [0.2, 0.25) is 0 Å². The second-order valence-electron chi connectivity index (χ2n) is 6.23. The molecule has 1 atom stereocenters. The summed E-state index contributed by atoms with van der Waals surface area (Å²) in [6.07, 6.45) is 3.57. The van der Waals surface area contributed by atoms with Crippen molar-refractivity contribution in [2.24, 2.45) is 11.3 Å². The summed E-state index contributed by atoms with van der Waals surface area (Å²) < 4.78 is 6.62. The van der Waals surface area contributed by atoms with Gasteiger partial charge in [0.15, 0.2) is 0 Å². The van der Waals surface area contributed by atoms with E-state index in [2.05, 4.69) is 11.4 Å². The Morgan fingerprint density at radius 1 is 1.33 bits per heavy atom. The fourth-order valence-electron chi connectivity index (χ4n) is 3.58. The molecule has 3 nitrogen and oxygen atoms in total. The first kappa shape index (κ1) is 13.3. The van der Waals surface area contributed by atoms with Crippen LogP contribution in [0.4, 0.5) is 0 Å². The van der Waals surface area contributed by atoms with Crippen molar-refractivity contribution in [3.8, 4) is 0 Å². The Morgan fingerprint density at radius 2 is 2.14 bits per heavy atom. The van der Waals surface area contributed by atoms with Gasteiger partial charge in [-0.05, 0) is 36.7 Å². The van der Waals surface area contributed by atoms with Crippen LogP contribution in [-0.4, -0.2) is 25.7 Å². The maximum absolute atomic E-state index is 12.4. The van der Waals surface area contributed by atoms with E-state index < -0.39 is 0 Å². The normalized spacial score (nSPS) is 23.3. The predicted molar refractivity (Wildman–Crippen MR) is 84.8 cm³/mol. The highest BCUT2D eigenvalue weighted by Crippen LogP contribution is 2.58. The molecule has 1 saturated carbocycles. The van der Waals surface area contributed by atoms with E-state index in [1.165, 1.54) is 11.1 Å². The number of thiophene rings is 1. The molecule has 2 aromatic rings. The molecule has 0 bridgehead atoms. The number of hydrogen-bond acceptors (Lipinski definition) is 3. The van der Waals surface area contributed by atoms with Crippen molar-refractivity contribution >= 4 is 27.3 Å². The number of carbonyl (C=O) groups is 1. The molecule has 1 N–H and O–H groups in total. The van der Waals surface area contributed by atoms with Crippen molar-refractivity contribution in [1.29, 1.82) is 0 Å². The zero-order chi connectivity index (χ0) is 14.3. The molecule has 1 spiro atoms. The van der Waals surface area contributed by atoms with Crippen molar-refractivity contribution in [3.63, 3.8) is 0 Å². The van der Waals surface area contributed by atoms with Crippen molar-refractivity contribution < 1.29 is 9.53 Å². The largest absolute Gasteiger partial charge is 0.381 e. The monoisotopic (exact) mass is 301 g/mol. The van der Waals surface area contributed by atoms with Crippen LogP contribution in [-0.2, 0) is 4.74 Å². The molecule has 1 aromatic heterocycles. The number of fused-ring (bicyclic) bond motifs is 1. The Labute approximate surface area is 128 Å². The lowest BCUT2D eigenvalue weighted by molar-refractivity contribution is 0.0519. The molecule has 4 rings (SSSR count). The van der Waals surface area contributed by atoms with Gasteiger partial charge in [-0.1, -0.05) is 18.2 Å². The fraction of sp³-hybridized carbons (Fsp3) is 0.471. The van der Waals surface area contributed by atoms with Crippen LogP contribution in [0.25, 0.3) is 10.1 Å². The highest BCUT2D eigenvalue weighted by Gasteiger charge is 2.53. The predicted octanol–water partition coefficient (Wildman–Crippen LogP) is 3.45. The molecular formula is C17H19NO2S. The van der Waals surface area contributed by atoms with Gasteiger partial charge in [-0.25, -0.2) is 0 Å². The quantitative estimate of drug-likeness (QED) is 0.943. The third-order valence-corrected chi connectivity index (χ3v) is 6.05. The zero-order valence-electron chi connectivity index (χ0n) is 11.9. The van der Waals surface area contributed by atoms with E-state index in [1.807, 2.05) is 23.6 Å². The Morgan fingerprint density at radius 3 is 3.00 bits per heavy atom. The second kappa shape index (κ2) is 5.11. The Hall–Kier alpha value is -1.39. The van der Waals surface area contributed by atoms with Crippen molar-refractivity contribution in [1.82, 2.24) is 5.32 Å². The summed E-state index contributed by atoms with van der Waals surface area (Å²) in [6.45, 7) is 2.59. The van der Waals surface area contributed by atoms with E-state index in [0.29, 0.717) is 11.3 Å². The smallest absolute Gasteiger partial charge is 0.252 e. The van der Waals surface area contributed by atoms with Gasteiger partial charge in [0, 0.05) is 35.2 Å². The summed E-state index contributed by atoms with van der Waals surface area (Å²) in [5.74, 6) is 0.719. The van der Waals surface area contributed by atoms with E-state index in [9.17, 15) is 4.79 Å². The molecule has 0 radical (unpaired) electrons. The van der Waals surface area contributed by atoms with E-state index in [0.717, 1.165) is 43.5 Å². The van der Waals surface area contributed by atoms with Crippen LogP contribution in [0.15, 0.2) is 29.6 Å². The van der Waals surface area contributed by atoms with Crippen molar-refractivity contribution in [3.05, 3.63) is 35.2 Å². The van der Waals surface area contributed by atoms with Crippen LogP contribution in [0.2, 0.25) is 0 Å². The Bertz CT molecular complexity index is 672. The third kappa shape index (κ3) is 2.36. The summed E-state index contributed by atoms with van der Waals surface area (Å²) in [5, 5.41) is 6.17. The van der Waals surface area contributed by atoms with Crippen molar-refractivity contribution in [2.45, 2.75) is 19.3 Å². The maximum atomic E-state index is 12.4. The van der Waals surface area contributed by atoms with Crippen molar-refractivity contribution in [2.75, 3.05) is 19.8 Å². The molecule has 2 heterocycles. The zero-order valence-corrected chi connectivity index (χ0v) is 12.7. The first-order valence-electron chi connectivity index (χ1n) is 7.61. The summed E-state index contributed by atoms with van der Waals surface area (Å²) in [7, 11) is 0. The number of hydrogen-bond donors (Lipinski definition) is 1. The molecule has 110 valence electrons. The lowest BCUT2D eigenvalue weighted by atomic mass is 9.94. The van der Waals surface area contributed by atoms with Gasteiger partial charge in [0.25, 0.3) is 5.91 Å². The third-order valence-electron chi connectivity index (χ3n) is 5.08. The lowest BCUT2D eigenvalue weighted by Gasteiger charge is -2.22. The van der Waals surface area contributed by atoms with Gasteiger partial charge < -0.3 is 10.1 Å². The van der Waals surface area contributed by atoms with Gasteiger partial charge in [-0.3, -0.25) is 4.79 Å². The second-order valence-corrected chi connectivity index (χ2v) is 7.14. The number of benzene rings is 1. The van der Waals surface area contributed by atoms with Gasteiger partial charge in [0.05, 0.1) is 5.56 Å². The molecule has 1 aromatic carbocycles. The van der Waals surface area contributed by atoms with E-state index in [-0.39, 0.29) is 5.91 Å². The van der Waals surface area contributed by atoms with Gasteiger partial charge in [-0.15, -0.1) is 11.3 Å². The summed E-state index contributed by atoms with van der Waals surface area (Å²) in [5.41, 5.74) is 1.29. The molecule has 1 aliphatic heterocycles. The number of carbonyl (C=O) groups excluding carboxylic acids is 1. The van der Waals surface area contributed by atoms with E-state index in [1.54, 1.807) is 11.3 Å². The summed E-state index contributed by atoms with van der Waals surface area (Å²) >= 11 is 1.64.